The Balaban J connectivity index is 0.00000242. The fraction of sp³-hybridized carbons (Fsp3) is 0.647. The van der Waals surface area contributed by atoms with Gasteiger partial charge in [0.15, 0.2) is 0 Å². The molecule has 0 N–H and O–H groups in total. The zero-order valence-corrected chi connectivity index (χ0v) is 19.0. The topological polar surface area (TPSA) is 17.6 Å². The van der Waals surface area contributed by atoms with Crippen molar-refractivity contribution in [1.82, 2.24) is 9.13 Å². The Morgan fingerprint density at radius 3 is 1.39 bits per heavy atom. The first-order valence-electron chi connectivity index (χ1n) is 8.19. The van der Waals surface area contributed by atoms with Crippen LogP contribution in [0.5, 0.6) is 0 Å². The molecule has 2 heterocycles. The van der Waals surface area contributed by atoms with E-state index in [1.807, 2.05) is 0 Å². The third-order valence-corrected chi connectivity index (χ3v) is 3.95. The molecule has 0 fully saturated rings. The summed E-state index contributed by atoms with van der Waals surface area (Å²) in [5, 5.41) is 0. The molecular weight excluding hydrogens is 514 g/mol. The van der Waals surface area contributed by atoms with E-state index in [1.54, 1.807) is 0 Å². The van der Waals surface area contributed by atoms with Gasteiger partial charge in [0.1, 0.15) is 24.8 Å². The summed E-state index contributed by atoms with van der Waals surface area (Å²) in [5.74, 6) is 0. The lowest BCUT2D eigenvalue weighted by Gasteiger charge is -2.00. The van der Waals surface area contributed by atoms with Gasteiger partial charge in [-0.15, -0.1) is 0 Å². The monoisotopic (exact) mass is 544 g/mol. The second kappa shape index (κ2) is 11.4. The summed E-state index contributed by atoms with van der Waals surface area (Å²) < 4.78 is 9.10. The third kappa shape index (κ3) is 7.53. The van der Waals surface area contributed by atoms with Crippen molar-refractivity contribution in [1.29, 1.82) is 0 Å². The molecule has 6 heteroatoms. The van der Waals surface area contributed by atoms with Gasteiger partial charge in [-0.25, -0.2) is 18.3 Å². The van der Waals surface area contributed by atoms with Gasteiger partial charge in [-0.05, 0) is 47.0 Å². The second-order valence-corrected chi connectivity index (χ2v) is 6.45. The van der Waals surface area contributed by atoms with E-state index in [-0.39, 0.29) is 48.0 Å². The largest absolute Gasteiger partial charge is 1.00 e. The molecule has 2 aromatic rings. The Kier molecular flexibility index (Phi) is 11.4. The van der Waals surface area contributed by atoms with Crippen molar-refractivity contribution in [2.75, 3.05) is 0 Å². The maximum absolute atomic E-state index is 2.29. The number of unbranched alkanes of at least 4 members (excludes halogenated alkanes) is 2. The summed E-state index contributed by atoms with van der Waals surface area (Å²) in [7, 11) is 0. The van der Waals surface area contributed by atoms with E-state index in [9.17, 15) is 0 Å². The fourth-order valence-electron chi connectivity index (χ4n) is 2.46. The SMILES string of the molecule is CC(C)n1cc[n+](CCCCC[n+]2ccn(C(C)C)c2)c1.[I-].[I-]. The van der Waals surface area contributed by atoms with Crippen LogP contribution in [0.4, 0.5) is 0 Å². The van der Waals surface area contributed by atoms with Crippen molar-refractivity contribution in [3.05, 3.63) is 37.4 Å². The molecule has 23 heavy (non-hydrogen) atoms. The van der Waals surface area contributed by atoms with E-state index in [0.717, 1.165) is 13.1 Å². The van der Waals surface area contributed by atoms with Crippen LogP contribution < -0.4 is 57.1 Å². The standard InChI is InChI=1S/C17H30N4.2HI/c1-16(2)20-12-10-18(14-20)8-6-5-7-9-19-11-13-21(15-19)17(3)4;;/h10-17H,5-9H2,1-4H3;2*1H/q+2;;/p-2. The van der Waals surface area contributed by atoms with E-state index in [2.05, 4.69) is 83.4 Å². The van der Waals surface area contributed by atoms with Gasteiger partial charge in [0.05, 0.1) is 25.2 Å². The Hall–Kier alpha value is -0.120. The molecule has 0 aliphatic heterocycles. The van der Waals surface area contributed by atoms with Crippen LogP contribution in [0.2, 0.25) is 0 Å². The summed E-state index contributed by atoms with van der Waals surface area (Å²) in [5.41, 5.74) is 0. The molecule has 0 spiro atoms. The number of halogens is 2. The van der Waals surface area contributed by atoms with Crippen LogP contribution in [0.1, 0.15) is 59.0 Å². The maximum Gasteiger partial charge on any atom is 0.243 e. The molecule has 4 nitrogen and oxygen atoms in total. The molecule has 0 saturated heterocycles. The first kappa shape index (κ1) is 22.9. The minimum atomic E-state index is 0. The van der Waals surface area contributed by atoms with Crippen molar-refractivity contribution >= 4 is 0 Å². The molecule has 0 aliphatic rings. The highest BCUT2D eigenvalue weighted by atomic mass is 127. The van der Waals surface area contributed by atoms with Crippen molar-refractivity contribution < 1.29 is 57.1 Å². The normalized spacial score (nSPS) is 10.7. The van der Waals surface area contributed by atoms with Crippen LogP contribution in [-0.4, -0.2) is 9.13 Å². The van der Waals surface area contributed by atoms with Gasteiger partial charge < -0.3 is 48.0 Å². The average molecular weight is 544 g/mol. The second-order valence-electron chi connectivity index (χ2n) is 6.45. The number of aromatic nitrogens is 4. The van der Waals surface area contributed by atoms with Crippen LogP contribution >= 0.6 is 0 Å². The molecule has 0 aliphatic carbocycles. The van der Waals surface area contributed by atoms with Crippen LogP contribution in [0.3, 0.4) is 0 Å². The van der Waals surface area contributed by atoms with Gasteiger partial charge in [0.2, 0.25) is 12.7 Å². The first-order valence-corrected chi connectivity index (χ1v) is 8.19. The molecule has 0 bridgehead atoms. The Morgan fingerprint density at radius 2 is 1.09 bits per heavy atom. The molecule has 132 valence electrons. The Bertz CT molecular complexity index is 498. The van der Waals surface area contributed by atoms with E-state index >= 15 is 0 Å². The van der Waals surface area contributed by atoms with Gasteiger partial charge >= 0.3 is 0 Å². The number of nitrogens with zero attached hydrogens (tertiary/aromatic N) is 4. The highest BCUT2D eigenvalue weighted by molar-refractivity contribution is 4.70. The first-order chi connectivity index (χ1) is 10.1. The van der Waals surface area contributed by atoms with Crippen molar-refractivity contribution in [2.45, 2.75) is 72.1 Å². The summed E-state index contributed by atoms with van der Waals surface area (Å²) in [6.45, 7) is 11.1. The van der Waals surface area contributed by atoms with Gasteiger partial charge in [0, 0.05) is 0 Å². The predicted octanol–water partition coefficient (Wildman–Crippen LogP) is -3.10. The number of rotatable bonds is 8. The van der Waals surface area contributed by atoms with Crippen molar-refractivity contribution in [2.24, 2.45) is 0 Å². The number of hydrogen-bond donors (Lipinski definition) is 0. The molecule has 2 rings (SSSR count). The van der Waals surface area contributed by atoms with Crippen molar-refractivity contribution in [3.63, 3.8) is 0 Å². The van der Waals surface area contributed by atoms with Crippen molar-refractivity contribution in [3.8, 4) is 0 Å². The molecule has 0 amide bonds. The van der Waals surface area contributed by atoms with Crippen LogP contribution in [0, 0.1) is 0 Å². The lowest BCUT2D eigenvalue weighted by atomic mass is 10.2. The average Bonchev–Trinajstić information content (AvgIpc) is 3.06. The van der Waals surface area contributed by atoms with Crippen LogP contribution in [0.25, 0.3) is 0 Å². The highest BCUT2D eigenvalue weighted by Crippen LogP contribution is 2.02. The molecule has 0 saturated carbocycles. The van der Waals surface area contributed by atoms with E-state index in [1.165, 1.54) is 19.3 Å². The predicted molar refractivity (Wildman–Crippen MR) is 83.9 cm³/mol. The minimum absolute atomic E-state index is 0. The molecule has 0 atom stereocenters. The van der Waals surface area contributed by atoms with Crippen LogP contribution in [0.15, 0.2) is 37.4 Å². The van der Waals surface area contributed by atoms with Gasteiger partial charge in [0.25, 0.3) is 0 Å². The third-order valence-electron chi connectivity index (χ3n) is 3.95. The summed E-state index contributed by atoms with van der Waals surface area (Å²) in [6.07, 6.45) is 16.9. The lowest BCUT2D eigenvalue weighted by molar-refractivity contribution is -0.700. The number of imidazole rings is 2. The van der Waals surface area contributed by atoms with E-state index < -0.39 is 0 Å². The number of hydrogen-bond acceptors (Lipinski definition) is 0. The Labute approximate surface area is 174 Å². The van der Waals surface area contributed by atoms with Gasteiger partial charge in [-0.2, -0.15) is 0 Å². The maximum atomic E-state index is 2.29. The molecule has 2 aromatic heterocycles. The molecule has 0 aromatic carbocycles. The zero-order valence-electron chi connectivity index (χ0n) is 14.7. The van der Waals surface area contributed by atoms with E-state index in [4.69, 9.17) is 0 Å². The summed E-state index contributed by atoms with van der Waals surface area (Å²) >= 11 is 0. The van der Waals surface area contributed by atoms with Crippen LogP contribution in [-0.2, 0) is 13.1 Å². The quantitative estimate of drug-likeness (QED) is 0.191. The minimum Gasteiger partial charge on any atom is -1.00 e. The molecule has 0 radical (unpaired) electrons. The fourth-order valence-corrected chi connectivity index (χ4v) is 2.46. The Morgan fingerprint density at radius 1 is 0.696 bits per heavy atom. The zero-order chi connectivity index (χ0) is 15.2. The smallest absolute Gasteiger partial charge is 0.243 e. The molecular formula is C17H30I2N4. The lowest BCUT2D eigenvalue weighted by Crippen LogP contribution is -3.00. The highest BCUT2D eigenvalue weighted by Gasteiger charge is 2.08. The molecule has 0 unspecified atom stereocenters. The van der Waals surface area contributed by atoms with Gasteiger partial charge in [-0.3, -0.25) is 0 Å². The van der Waals surface area contributed by atoms with Gasteiger partial charge in [-0.1, -0.05) is 0 Å². The summed E-state index contributed by atoms with van der Waals surface area (Å²) in [6, 6.07) is 1.10. The van der Waals surface area contributed by atoms with E-state index in [0.29, 0.717) is 12.1 Å². The summed E-state index contributed by atoms with van der Waals surface area (Å²) in [4.78, 5) is 0. The number of aryl methyl sites for hydroxylation is 2.